The first-order valence-electron chi connectivity index (χ1n) is 16.4. The lowest BCUT2D eigenvalue weighted by Crippen LogP contribution is -2.55. The van der Waals surface area contributed by atoms with Crippen molar-refractivity contribution in [2.75, 3.05) is 41.0 Å². The summed E-state index contributed by atoms with van der Waals surface area (Å²) in [5.41, 5.74) is 0. The highest BCUT2D eigenvalue weighted by Gasteiger charge is 2.25. The third-order valence-electron chi connectivity index (χ3n) is 7.07. The lowest BCUT2D eigenvalue weighted by molar-refractivity contribution is -0.889. The normalized spacial score (nSPS) is 13.5. The summed E-state index contributed by atoms with van der Waals surface area (Å²) in [5, 5.41) is 11.5. The van der Waals surface area contributed by atoms with Gasteiger partial charge in [0.1, 0.15) is 12.6 Å². The van der Waals surface area contributed by atoms with Gasteiger partial charge in [0, 0.05) is 19.3 Å². The maximum absolute atomic E-state index is 12.4. The largest absolute Gasteiger partial charge is 0.544 e. The zero-order valence-corrected chi connectivity index (χ0v) is 27.4. The number of rotatable bonds is 28. The zero-order valence-electron chi connectivity index (χ0n) is 27.4. The van der Waals surface area contributed by atoms with E-state index in [2.05, 4.69) is 32.1 Å². The van der Waals surface area contributed by atoms with Gasteiger partial charge in [-0.05, 0) is 44.9 Å². The van der Waals surface area contributed by atoms with E-state index in [-0.39, 0.29) is 49.1 Å². The van der Waals surface area contributed by atoms with E-state index in [9.17, 15) is 19.5 Å². The monoisotopic (exact) mass is 595 g/mol. The first-order chi connectivity index (χ1) is 20.1. The van der Waals surface area contributed by atoms with Gasteiger partial charge in [-0.25, -0.2) is 0 Å². The van der Waals surface area contributed by atoms with Crippen LogP contribution >= 0.6 is 0 Å². The quantitative estimate of drug-likeness (QED) is 0.0468. The van der Waals surface area contributed by atoms with E-state index in [4.69, 9.17) is 14.2 Å². The number of carbonyl (C=O) groups is 3. The van der Waals surface area contributed by atoms with Gasteiger partial charge in [0.25, 0.3) is 0 Å². The van der Waals surface area contributed by atoms with E-state index in [0.717, 1.165) is 44.9 Å². The summed E-state index contributed by atoms with van der Waals surface area (Å²) in [7, 11) is 5.36. The van der Waals surface area contributed by atoms with Crippen LogP contribution in [0.4, 0.5) is 0 Å². The molecular formula is C34H61NO7. The molecule has 0 saturated carbocycles. The second-order valence-corrected chi connectivity index (χ2v) is 12.0. The van der Waals surface area contributed by atoms with Gasteiger partial charge < -0.3 is 28.6 Å². The number of ether oxygens (including phenoxy) is 3. The average molecular weight is 596 g/mol. The molecule has 8 nitrogen and oxygen atoms in total. The minimum atomic E-state index is -1.13. The van der Waals surface area contributed by atoms with Crippen LogP contribution in [0.1, 0.15) is 123 Å². The molecule has 244 valence electrons. The predicted molar refractivity (Wildman–Crippen MR) is 167 cm³/mol. The number of unbranched alkanes of at least 4 members (excludes halogenated alkanes) is 10. The van der Waals surface area contributed by atoms with E-state index in [1.165, 1.54) is 38.5 Å². The molecule has 0 rings (SSSR count). The third kappa shape index (κ3) is 24.4. The van der Waals surface area contributed by atoms with Gasteiger partial charge in [0.05, 0.1) is 40.3 Å². The molecule has 8 heteroatoms. The summed E-state index contributed by atoms with van der Waals surface area (Å²) in [5.74, 6) is -1.82. The Morgan fingerprint density at radius 3 is 1.88 bits per heavy atom. The van der Waals surface area contributed by atoms with Crippen molar-refractivity contribution in [2.24, 2.45) is 0 Å². The van der Waals surface area contributed by atoms with Gasteiger partial charge in [-0.2, -0.15) is 0 Å². The highest BCUT2D eigenvalue weighted by atomic mass is 16.6. The molecule has 0 spiro atoms. The Morgan fingerprint density at radius 1 is 0.690 bits per heavy atom. The average Bonchev–Trinajstić information content (AvgIpc) is 2.92. The summed E-state index contributed by atoms with van der Waals surface area (Å²) >= 11 is 0. The summed E-state index contributed by atoms with van der Waals surface area (Å²) in [6.07, 6.45) is 23.8. The summed E-state index contributed by atoms with van der Waals surface area (Å²) in [6, 6.07) is -0.727. The summed E-state index contributed by atoms with van der Waals surface area (Å²) in [4.78, 5) is 36.3. The predicted octanol–water partition coefficient (Wildman–Crippen LogP) is 6.07. The maximum Gasteiger partial charge on any atom is 0.306 e. The lowest BCUT2D eigenvalue weighted by atomic mass is 10.1. The van der Waals surface area contributed by atoms with Crippen LogP contribution in [0.25, 0.3) is 0 Å². The van der Waals surface area contributed by atoms with Crippen LogP contribution in [0, 0.1) is 0 Å². The second-order valence-electron chi connectivity index (χ2n) is 12.0. The first kappa shape index (κ1) is 39.8. The molecule has 2 atom stereocenters. The fourth-order valence-electron chi connectivity index (χ4n) is 4.42. The minimum absolute atomic E-state index is 0.0235. The smallest absolute Gasteiger partial charge is 0.306 e. The molecule has 0 aliphatic heterocycles. The number of quaternary nitrogens is 1. The topological polar surface area (TPSA) is 102 Å². The summed E-state index contributed by atoms with van der Waals surface area (Å²) < 4.78 is 16.9. The molecule has 0 heterocycles. The maximum atomic E-state index is 12.4. The van der Waals surface area contributed by atoms with E-state index < -0.39 is 18.1 Å². The number of carboxylic acid groups (broad SMARTS) is 1. The Balaban J connectivity index is 4.52. The molecule has 0 aliphatic rings. The summed E-state index contributed by atoms with van der Waals surface area (Å²) in [6.45, 7) is 4.47. The van der Waals surface area contributed by atoms with E-state index in [1.54, 1.807) is 21.1 Å². The molecule has 2 unspecified atom stereocenters. The number of nitrogens with zero attached hydrogens (tertiary/aromatic N) is 1. The Kier molecular flexibility index (Phi) is 25.1. The van der Waals surface area contributed by atoms with Crippen molar-refractivity contribution in [2.45, 2.75) is 135 Å². The van der Waals surface area contributed by atoms with Crippen molar-refractivity contribution < 1.29 is 38.2 Å². The van der Waals surface area contributed by atoms with Crippen LogP contribution in [0.15, 0.2) is 24.3 Å². The van der Waals surface area contributed by atoms with Crippen molar-refractivity contribution in [3.63, 3.8) is 0 Å². The molecule has 0 fully saturated rings. The SMILES string of the molecule is CCCC/C=C/CCCCCCCC(=O)OCC(COCCC(C(=O)[O-])[N+](C)(C)C)OC(=O)CC/C=C/CCCCC. The molecular weight excluding hydrogens is 534 g/mol. The number of allylic oxidation sites excluding steroid dienone is 4. The fraction of sp³-hybridized carbons (Fsp3) is 0.794. The van der Waals surface area contributed by atoms with Crippen LogP contribution < -0.4 is 5.11 Å². The highest BCUT2D eigenvalue weighted by molar-refractivity contribution is 5.70. The van der Waals surface area contributed by atoms with Gasteiger partial charge in [0.15, 0.2) is 6.10 Å². The van der Waals surface area contributed by atoms with Crippen LogP contribution in [-0.4, -0.2) is 75.5 Å². The number of likely N-dealkylation sites (N-methyl/N-ethyl adjacent to an activating group) is 1. The number of carboxylic acids is 1. The van der Waals surface area contributed by atoms with Crippen LogP contribution in [0.3, 0.4) is 0 Å². The Labute approximate surface area is 256 Å². The third-order valence-corrected chi connectivity index (χ3v) is 7.07. The van der Waals surface area contributed by atoms with Crippen LogP contribution in [0.2, 0.25) is 0 Å². The Bertz CT molecular complexity index is 757. The molecule has 42 heavy (non-hydrogen) atoms. The van der Waals surface area contributed by atoms with Gasteiger partial charge in [-0.3, -0.25) is 9.59 Å². The molecule has 0 bridgehead atoms. The van der Waals surface area contributed by atoms with Gasteiger partial charge >= 0.3 is 11.9 Å². The molecule has 0 saturated heterocycles. The number of esters is 2. The Hall–Kier alpha value is -2.19. The van der Waals surface area contributed by atoms with Crippen LogP contribution in [0.5, 0.6) is 0 Å². The van der Waals surface area contributed by atoms with Crippen molar-refractivity contribution in [1.29, 1.82) is 0 Å². The molecule has 0 aromatic carbocycles. The number of hydrogen-bond donors (Lipinski definition) is 0. The minimum Gasteiger partial charge on any atom is -0.544 e. The van der Waals surface area contributed by atoms with Crippen LogP contribution in [-0.2, 0) is 28.6 Å². The van der Waals surface area contributed by atoms with E-state index in [0.29, 0.717) is 12.8 Å². The molecule has 0 aromatic heterocycles. The number of hydrogen-bond acceptors (Lipinski definition) is 7. The molecule has 0 amide bonds. The molecule has 0 aromatic rings. The number of aliphatic carboxylic acids is 1. The first-order valence-corrected chi connectivity index (χ1v) is 16.4. The molecule has 0 radical (unpaired) electrons. The number of carbonyl (C=O) groups excluding carboxylic acids is 3. The second kappa shape index (κ2) is 26.4. The highest BCUT2D eigenvalue weighted by Crippen LogP contribution is 2.11. The molecule has 0 aliphatic carbocycles. The standard InChI is InChI=1S/C34H61NO7/c1-6-8-10-12-14-15-16-17-19-20-22-24-32(36)41-29-30(28-40-27-26-31(34(38)39)35(3,4)5)42-33(37)25-23-21-18-13-11-9-7-2/h12,14,18,21,30-31H,6-11,13,15-17,19-20,22-29H2,1-5H3/b14-12+,21-18+. The van der Waals surface area contributed by atoms with Gasteiger partial charge in [-0.1, -0.05) is 83.1 Å². The Morgan fingerprint density at radius 2 is 1.26 bits per heavy atom. The van der Waals surface area contributed by atoms with Crippen molar-refractivity contribution in [1.82, 2.24) is 0 Å². The van der Waals surface area contributed by atoms with E-state index in [1.807, 2.05) is 6.08 Å². The van der Waals surface area contributed by atoms with Gasteiger partial charge in [0.2, 0.25) is 0 Å². The van der Waals surface area contributed by atoms with E-state index >= 15 is 0 Å². The fourth-order valence-corrected chi connectivity index (χ4v) is 4.42. The molecule has 0 N–H and O–H groups in total. The zero-order chi connectivity index (χ0) is 31.5. The van der Waals surface area contributed by atoms with Crippen molar-refractivity contribution in [3.8, 4) is 0 Å². The van der Waals surface area contributed by atoms with Crippen molar-refractivity contribution in [3.05, 3.63) is 24.3 Å². The van der Waals surface area contributed by atoms with Crippen molar-refractivity contribution >= 4 is 17.9 Å². The van der Waals surface area contributed by atoms with Gasteiger partial charge in [-0.15, -0.1) is 0 Å². The lowest BCUT2D eigenvalue weighted by Gasteiger charge is -2.34.